The van der Waals surface area contributed by atoms with E-state index in [-0.39, 0.29) is 0 Å². The van der Waals surface area contributed by atoms with Crippen LogP contribution in [0.25, 0.3) is 33.4 Å². The number of ether oxygens (including phenoxy) is 1. The lowest BCUT2D eigenvalue weighted by Gasteiger charge is -2.12. The lowest BCUT2D eigenvalue weighted by atomic mass is 10.1. The summed E-state index contributed by atoms with van der Waals surface area (Å²) in [6.07, 6.45) is 1.78. The van der Waals surface area contributed by atoms with Crippen molar-refractivity contribution in [2.24, 2.45) is 0 Å². The molecule has 6 nitrogen and oxygen atoms in total. The molecule has 0 radical (unpaired) electrons. The van der Waals surface area contributed by atoms with Gasteiger partial charge in [0.25, 0.3) is 0 Å². The Balaban J connectivity index is 1.35. The lowest BCUT2D eigenvalue weighted by Crippen LogP contribution is -2.15. The average molecular weight is 482 g/mol. The van der Waals surface area contributed by atoms with E-state index in [9.17, 15) is 0 Å². The van der Waals surface area contributed by atoms with Crippen LogP contribution in [0.15, 0.2) is 91.1 Å². The highest BCUT2D eigenvalue weighted by atomic mass is 35.5. The summed E-state index contributed by atoms with van der Waals surface area (Å²) in [5, 5.41) is 8.54. The summed E-state index contributed by atoms with van der Waals surface area (Å²) in [6.45, 7) is 1.32. The molecule has 0 unspecified atom stereocenters. The SMILES string of the molecule is COc1ccc(-c2cc(-c3ccccc3)nc(NCCNc3ccnc4cc(Cl)ccc34)n2)cc1. The van der Waals surface area contributed by atoms with Crippen LogP contribution in [-0.4, -0.2) is 35.2 Å². The summed E-state index contributed by atoms with van der Waals surface area (Å²) in [7, 11) is 1.66. The molecule has 2 N–H and O–H groups in total. The summed E-state index contributed by atoms with van der Waals surface area (Å²) >= 11 is 6.10. The second-order valence-electron chi connectivity index (χ2n) is 7.93. The molecular formula is C28H24ClN5O. The van der Waals surface area contributed by atoms with Gasteiger partial charge in [-0.3, -0.25) is 4.98 Å². The van der Waals surface area contributed by atoms with Crippen molar-refractivity contribution in [1.82, 2.24) is 15.0 Å². The first kappa shape index (κ1) is 22.6. The van der Waals surface area contributed by atoms with E-state index in [4.69, 9.17) is 26.3 Å². The largest absolute Gasteiger partial charge is 0.497 e. The third kappa shape index (κ3) is 5.34. The van der Waals surface area contributed by atoms with E-state index in [2.05, 4.69) is 15.6 Å². The van der Waals surface area contributed by atoms with Gasteiger partial charge in [-0.1, -0.05) is 41.9 Å². The summed E-state index contributed by atoms with van der Waals surface area (Å²) in [5.41, 5.74) is 5.60. The minimum Gasteiger partial charge on any atom is -0.497 e. The fourth-order valence-electron chi connectivity index (χ4n) is 3.84. The van der Waals surface area contributed by atoms with E-state index in [1.54, 1.807) is 13.3 Å². The smallest absolute Gasteiger partial charge is 0.223 e. The molecule has 0 aliphatic heterocycles. The molecule has 5 aromatic rings. The van der Waals surface area contributed by atoms with Gasteiger partial charge in [0.05, 0.1) is 24.0 Å². The standard InChI is InChI=1S/C28H24ClN5O/c1-35-22-10-7-20(8-11-22)26-18-25(19-5-3-2-4-6-19)33-28(34-26)32-16-15-31-24-13-14-30-27-17-21(29)9-12-23(24)27/h2-14,17-18H,15-16H2,1H3,(H,30,31)(H,32,33,34). The zero-order valence-corrected chi connectivity index (χ0v) is 20.0. The Morgan fingerprint density at radius 1 is 0.771 bits per heavy atom. The number of pyridine rings is 1. The van der Waals surface area contributed by atoms with Crippen molar-refractivity contribution < 1.29 is 4.74 Å². The number of aromatic nitrogens is 3. The molecule has 0 saturated carbocycles. The summed E-state index contributed by atoms with van der Waals surface area (Å²) in [6, 6.07) is 27.7. The number of hydrogen-bond acceptors (Lipinski definition) is 6. The van der Waals surface area contributed by atoms with Crippen molar-refractivity contribution in [3.05, 3.63) is 96.1 Å². The molecule has 3 aromatic carbocycles. The van der Waals surface area contributed by atoms with Crippen LogP contribution in [0.4, 0.5) is 11.6 Å². The topological polar surface area (TPSA) is 72.0 Å². The Morgan fingerprint density at radius 3 is 2.23 bits per heavy atom. The highest BCUT2D eigenvalue weighted by Gasteiger charge is 2.09. The van der Waals surface area contributed by atoms with Crippen molar-refractivity contribution in [1.29, 1.82) is 0 Å². The molecule has 0 aliphatic carbocycles. The third-order valence-electron chi connectivity index (χ3n) is 5.61. The van der Waals surface area contributed by atoms with Gasteiger partial charge in [0.1, 0.15) is 5.75 Å². The molecule has 0 aliphatic rings. The number of rotatable bonds is 8. The molecule has 35 heavy (non-hydrogen) atoms. The number of hydrogen-bond donors (Lipinski definition) is 2. The fourth-order valence-corrected chi connectivity index (χ4v) is 4.01. The van der Waals surface area contributed by atoms with Crippen LogP contribution < -0.4 is 15.4 Å². The van der Waals surface area contributed by atoms with Crippen molar-refractivity contribution in [3.8, 4) is 28.3 Å². The van der Waals surface area contributed by atoms with Crippen LogP contribution in [0, 0.1) is 0 Å². The molecule has 2 aromatic heterocycles. The van der Waals surface area contributed by atoms with Crippen molar-refractivity contribution >= 4 is 34.1 Å². The van der Waals surface area contributed by atoms with Crippen molar-refractivity contribution in [2.45, 2.75) is 0 Å². The average Bonchev–Trinajstić information content (AvgIpc) is 2.91. The van der Waals surface area contributed by atoms with Gasteiger partial charge in [0.15, 0.2) is 0 Å². The van der Waals surface area contributed by atoms with Gasteiger partial charge < -0.3 is 15.4 Å². The van der Waals surface area contributed by atoms with Crippen LogP contribution in [0.2, 0.25) is 5.02 Å². The monoisotopic (exact) mass is 481 g/mol. The summed E-state index contributed by atoms with van der Waals surface area (Å²) in [5.74, 6) is 1.38. The number of nitrogens with zero attached hydrogens (tertiary/aromatic N) is 3. The first-order valence-corrected chi connectivity index (χ1v) is 11.7. The maximum atomic E-state index is 6.10. The Morgan fingerprint density at radius 2 is 1.49 bits per heavy atom. The summed E-state index contributed by atoms with van der Waals surface area (Å²) in [4.78, 5) is 13.9. The van der Waals surface area contributed by atoms with Crippen LogP contribution in [0.3, 0.4) is 0 Å². The van der Waals surface area contributed by atoms with E-state index in [0.29, 0.717) is 24.1 Å². The van der Waals surface area contributed by atoms with Gasteiger partial charge in [0.2, 0.25) is 5.95 Å². The molecule has 0 bridgehead atoms. The Kier molecular flexibility index (Phi) is 6.73. The van der Waals surface area contributed by atoms with E-state index < -0.39 is 0 Å². The maximum absolute atomic E-state index is 6.10. The first-order valence-electron chi connectivity index (χ1n) is 11.3. The molecule has 0 atom stereocenters. The van der Waals surface area contributed by atoms with Crippen LogP contribution in [-0.2, 0) is 0 Å². The second-order valence-corrected chi connectivity index (χ2v) is 8.37. The number of nitrogens with one attached hydrogen (secondary N) is 2. The molecule has 5 rings (SSSR count). The van der Waals surface area contributed by atoms with Crippen molar-refractivity contribution in [2.75, 3.05) is 30.8 Å². The van der Waals surface area contributed by atoms with E-state index in [0.717, 1.165) is 44.9 Å². The number of methoxy groups -OCH3 is 1. The minimum atomic E-state index is 0.574. The van der Waals surface area contributed by atoms with Gasteiger partial charge in [-0.05, 0) is 54.6 Å². The number of benzene rings is 3. The van der Waals surface area contributed by atoms with E-state index >= 15 is 0 Å². The van der Waals surface area contributed by atoms with Crippen molar-refractivity contribution in [3.63, 3.8) is 0 Å². The molecular weight excluding hydrogens is 458 g/mol. The normalized spacial score (nSPS) is 10.8. The summed E-state index contributed by atoms with van der Waals surface area (Å²) < 4.78 is 5.29. The van der Waals surface area contributed by atoms with E-state index in [1.165, 1.54) is 0 Å². The predicted octanol–water partition coefficient (Wildman–Crippen LogP) is 6.54. The van der Waals surface area contributed by atoms with Crippen LogP contribution in [0.5, 0.6) is 5.75 Å². The first-order chi connectivity index (χ1) is 17.2. The molecule has 0 spiro atoms. The zero-order valence-electron chi connectivity index (χ0n) is 19.2. The molecule has 7 heteroatoms. The van der Waals surface area contributed by atoms with Gasteiger partial charge in [-0.2, -0.15) is 0 Å². The lowest BCUT2D eigenvalue weighted by molar-refractivity contribution is 0.415. The molecule has 0 saturated heterocycles. The Bertz CT molecular complexity index is 1440. The Hall–Kier alpha value is -4.16. The highest BCUT2D eigenvalue weighted by molar-refractivity contribution is 6.31. The maximum Gasteiger partial charge on any atom is 0.223 e. The predicted molar refractivity (Wildman–Crippen MR) is 143 cm³/mol. The van der Waals surface area contributed by atoms with Gasteiger partial charge in [-0.25, -0.2) is 9.97 Å². The van der Waals surface area contributed by atoms with Crippen LogP contribution in [0.1, 0.15) is 0 Å². The number of halogens is 1. The number of fused-ring (bicyclic) bond motifs is 1. The molecule has 174 valence electrons. The third-order valence-corrected chi connectivity index (χ3v) is 5.84. The Labute approximate surface area is 209 Å². The van der Waals surface area contributed by atoms with Gasteiger partial charge in [0, 0.05) is 46.5 Å². The second kappa shape index (κ2) is 10.4. The van der Waals surface area contributed by atoms with Crippen LogP contribution >= 0.6 is 11.6 Å². The van der Waals surface area contributed by atoms with E-state index in [1.807, 2.05) is 84.9 Å². The quantitative estimate of drug-likeness (QED) is 0.245. The fraction of sp³-hybridized carbons (Fsp3) is 0.107. The van der Waals surface area contributed by atoms with Gasteiger partial charge in [-0.15, -0.1) is 0 Å². The molecule has 0 fully saturated rings. The molecule has 2 heterocycles. The highest BCUT2D eigenvalue weighted by Crippen LogP contribution is 2.27. The zero-order chi connectivity index (χ0) is 24.0. The molecule has 0 amide bonds. The minimum absolute atomic E-state index is 0.574. The van der Waals surface area contributed by atoms with Gasteiger partial charge >= 0.3 is 0 Å². The number of anilines is 2.